The van der Waals surface area contributed by atoms with E-state index in [0.29, 0.717) is 17.4 Å². The fourth-order valence-electron chi connectivity index (χ4n) is 3.42. The summed E-state index contributed by atoms with van der Waals surface area (Å²) in [6, 6.07) is 0. The van der Waals surface area contributed by atoms with E-state index in [4.69, 9.17) is 4.74 Å². The summed E-state index contributed by atoms with van der Waals surface area (Å²) < 4.78 is 4.81. The van der Waals surface area contributed by atoms with Crippen molar-refractivity contribution < 1.29 is 9.53 Å². The second-order valence-electron chi connectivity index (χ2n) is 5.44. The maximum absolute atomic E-state index is 11.6. The van der Waals surface area contributed by atoms with E-state index in [1.807, 2.05) is 0 Å². The minimum Gasteiger partial charge on any atom is -0.466 e. The molecule has 2 heteroatoms. The van der Waals surface area contributed by atoms with Crippen molar-refractivity contribution in [3.05, 3.63) is 23.8 Å². The molecule has 0 amide bonds. The first kappa shape index (κ1) is 12.4. The summed E-state index contributed by atoms with van der Waals surface area (Å²) in [5.74, 6) is 1.34. The van der Waals surface area contributed by atoms with Crippen molar-refractivity contribution in [1.82, 2.24) is 0 Å². The second kappa shape index (κ2) is 5.07. The molecule has 0 radical (unpaired) electrons. The number of hydrogen-bond acceptors (Lipinski definition) is 2. The Balaban J connectivity index is 2.18. The number of carbonyl (C=O) groups is 1. The van der Waals surface area contributed by atoms with Crippen LogP contribution in [0, 0.1) is 17.8 Å². The summed E-state index contributed by atoms with van der Waals surface area (Å²) in [6.45, 7) is 6.16. The van der Waals surface area contributed by atoms with Gasteiger partial charge in [0.05, 0.1) is 7.11 Å². The maximum atomic E-state index is 11.6. The van der Waals surface area contributed by atoms with Gasteiger partial charge in [-0.15, -0.1) is 0 Å². The van der Waals surface area contributed by atoms with E-state index in [1.165, 1.54) is 38.4 Å². The average molecular weight is 234 g/mol. The van der Waals surface area contributed by atoms with E-state index >= 15 is 0 Å². The number of allylic oxidation sites excluding steroid dienone is 2. The Morgan fingerprint density at radius 2 is 2.18 bits per heavy atom. The van der Waals surface area contributed by atoms with Crippen molar-refractivity contribution in [3.8, 4) is 0 Å². The molecule has 2 rings (SSSR count). The molecule has 0 aromatic heterocycles. The van der Waals surface area contributed by atoms with Gasteiger partial charge in [-0.2, -0.15) is 0 Å². The molecule has 17 heavy (non-hydrogen) atoms. The Labute approximate surface area is 104 Å². The first-order valence-electron chi connectivity index (χ1n) is 6.58. The third-order valence-electron chi connectivity index (χ3n) is 4.38. The number of methoxy groups -OCH3 is 1. The topological polar surface area (TPSA) is 26.3 Å². The van der Waals surface area contributed by atoms with E-state index in [-0.39, 0.29) is 5.97 Å². The van der Waals surface area contributed by atoms with Gasteiger partial charge in [-0.1, -0.05) is 24.6 Å². The van der Waals surface area contributed by atoms with Gasteiger partial charge in [-0.05, 0) is 50.4 Å². The highest BCUT2D eigenvalue weighted by Gasteiger charge is 2.36. The summed E-state index contributed by atoms with van der Waals surface area (Å²) >= 11 is 0. The second-order valence-corrected chi connectivity index (χ2v) is 5.44. The van der Waals surface area contributed by atoms with Crippen LogP contribution in [-0.4, -0.2) is 13.1 Å². The van der Waals surface area contributed by atoms with E-state index < -0.39 is 0 Å². The lowest BCUT2D eigenvalue weighted by molar-refractivity contribution is -0.137. The van der Waals surface area contributed by atoms with Crippen LogP contribution < -0.4 is 0 Å². The van der Waals surface area contributed by atoms with Crippen molar-refractivity contribution in [2.75, 3.05) is 7.11 Å². The van der Waals surface area contributed by atoms with E-state index in [9.17, 15) is 4.79 Å². The van der Waals surface area contributed by atoms with Gasteiger partial charge in [0.25, 0.3) is 0 Å². The number of esters is 1. The normalized spacial score (nSPS) is 32.4. The van der Waals surface area contributed by atoms with E-state index in [1.54, 1.807) is 0 Å². The Morgan fingerprint density at radius 3 is 2.88 bits per heavy atom. The lowest BCUT2D eigenvalue weighted by atomic mass is 9.65. The third-order valence-corrected chi connectivity index (χ3v) is 4.38. The Hall–Kier alpha value is -1.05. The summed E-state index contributed by atoms with van der Waals surface area (Å²) in [5, 5.41) is 0. The highest BCUT2D eigenvalue weighted by molar-refractivity contribution is 5.88. The first-order chi connectivity index (χ1) is 8.13. The van der Waals surface area contributed by atoms with Gasteiger partial charge in [-0.25, -0.2) is 4.79 Å². The molecule has 0 spiro atoms. The fourth-order valence-corrected chi connectivity index (χ4v) is 3.42. The molecule has 0 aliphatic heterocycles. The Morgan fingerprint density at radius 1 is 1.41 bits per heavy atom. The Kier molecular flexibility index (Phi) is 3.70. The summed E-state index contributed by atoms with van der Waals surface area (Å²) in [7, 11) is 1.44. The molecule has 0 aromatic carbocycles. The first-order valence-corrected chi connectivity index (χ1v) is 6.58. The molecule has 2 nitrogen and oxygen atoms in total. The van der Waals surface area contributed by atoms with Crippen LogP contribution in [0.1, 0.15) is 39.0 Å². The highest BCUT2D eigenvalue weighted by atomic mass is 16.5. The van der Waals surface area contributed by atoms with Gasteiger partial charge < -0.3 is 4.74 Å². The molecule has 2 aliphatic carbocycles. The quantitative estimate of drug-likeness (QED) is 0.415. The molecule has 2 aliphatic rings. The van der Waals surface area contributed by atoms with Crippen LogP contribution in [-0.2, 0) is 9.53 Å². The van der Waals surface area contributed by atoms with E-state index in [2.05, 4.69) is 19.6 Å². The molecule has 0 N–H and O–H groups in total. The molecule has 94 valence electrons. The van der Waals surface area contributed by atoms with Crippen LogP contribution in [0.15, 0.2) is 23.8 Å². The van der Waals surface area contributed by atoms with Gasteiger partial charge in [0.2, 0.25) is 0 Å². The largest absolute Gasteiger partial charge is 0.466 e. The lowest BCUT2D eigenvalue weighted by Crippen LogP contribution is -2.32. The predicted octanol–water partition coefficient (Wildman–Crippen LogP) is 3.49. The lowest BCUT2D eigenvalue weighted by Gasteiger charge is -2.40. The van der Waals surface area contributed by atoms with Crippen molar-refractivity contribution in [1.29, 1.82) is 0 Å². The van der Waals surface area contributed by atoms with Crippen LogP contribution in [0.25, 0.3) is 0 Å². The molecule has 0 aromatic rings. The number of ether oxygens (including phenoxy) is 1. The SMILES string of the molecule is C=C(C(=O)OC)[C@@H]1CCCC2CCC(C)=CC21. The third kappa shape index (κ3) is 2.46. The van der Waals surface area contributed by atoms with Crippen molar-refractivity contribution >= 4 is 5.97 Å². The van der Waals surface area contributed by atoms with Crippen molar-refractivity contribution in [2.45, 2.75) is 39.0 Å². The smallest absolute Gasteiger partial charge is 0.333 e. The number of rotatable bonds is 2. The maximum Gasteiger partial charge on any atom is 0.333 e. The Bertz CT molecular complexity index is 354. The molecule has 1 fully saturated rings. The van der Waals surface area contributed by atoms with E-state index in [0.717, 1.165) is 12.3 Å². The van der Waals surface area contributed by atoms with Crippen LogP contribution in [0.5, 0.6) is 0 Å². The average Bonchev–Trinajstić information content (AvgIpc) is 2.36. The zero-order chi connectivity index (χ0) is 12.4. The minimum absolute atomic E-state index is 0.229. The molecule has 3 atom stereocenters. The van der Waals surface area contributed by atoms with Gasteiger partial charge in [0.15, 0.2) is 0 Å². The zero-order valence-corrected chi connectivity index (χ0v) is 10.9. The number of carbonyl (C=O) groups excluding carboxylic acids is 1. The fraction of sp³-hybridized carbons (Fsp3) is 0.667. The highest BCUT2D eigenvalue weighted by Crippen LogP contribution is 2.45. The summed E-state index contributed by atoms with van der Waals surface area (Å²) in [5.41, 5.74) is 2.14. The van der Waals surface area contributed by atoms with Gasteiger partial charge in [0.1, 0.15) is 0 Å². The molecule has 0 bridgehead atoms. The van der Waals surface area contributed by atoms with Gasteiger partial charge >= 0.3 is 5.97 Å². The monoisotopic (exact) mass is 234 g/mol. The standard InChI is InChI=1S/C15H22O2/c1-10-7-8-12-5-4-6-13(14(12)9-10)11(2)15(16)17-3/h9,12-14H,2,4-8H2,1,3H3/t12?,13-,14?/m0/s1. The molecular formula is C15H22O2. The van der Waals surface area contributed by atoms with Crippen LogP contribution in [0.3, 0.4) is 0 Å². The molecule has 0 heterocycles. The molecule has 2 unspecified atom stereocenters. The summed E-state index contributed by atoms with van der Waals surface area (Å²) in [4.78, 5) is 11.6. The molecule has 0 saturated heterocycles. The van der Waals surface area contributed by atoms with Gasteiger partial charge in [0, 0.05) is 5.57 Å². The van der Waals surface area contributed by atoms with Crippen LogP contribution in [0.4, 0.5) is 0 Å². The molecule has 1 saturated carbocycles. The molecular weight excluding hydrogens is 212 g/mol. The van der Waals surface area contributed by atoms with Gasteiger partial charge in [-0.3, -0.25) is 0 Å². The number of hydrogen-bond donors (Lipinski definition) is 0. The predicted molar refractivity (Wildman–Crippen MR) is 68.5 cm³/mol. The van der Waals surface area contributed by atoms with Crippen LogP contribution >= 0.6 is 0 Å². The minimum atomic E-state index is -0.229. The van der Waals surface area contributed by atoms with Crippen molar-refractivity contribution in [3.63, 3.8) is 0 Å². The van der Waals surface area contributed by atoms with Crippen LogP contribution in [0.2, 0.25) is 0 Å². The zero-order valence-electron chi connectivity index (χ0n) is 10.9. The number of fused-ring (bicyclic) bond motifs is 1. The summed E-state index contributed by atoms with van der Waals surface area (Å²) in [6.07, 6.45) is 8.48. The van der Waals surface area contributed by atoms with Crippen molar-refractivity contribution in [2.24, 2.45) is 17.8 Å².